The third-order valence-electron chi connectivity index (χ3n) is 5.59. The van der Waals surface area contributed by atoms with Crippen molar-refractivity contribution in [3.05, 3.63) is 0 Å². The number of carbonyl (C=O) groups is 1. The van der Waals surface area contributed by atoms with Gasteiger partial charge in [0, 0.05) is 32.2 Å². The lowest BCUT2D eigenvalue weighted by Crippen LogP contribution is -2.50. The minimum atomic E-state index is -0.184. The van der Waals surface area contributed by atoms with E-state index in [0.717, 1.165) is 50.9 Å². The number of likely N-dealkylation sites (tertiary alicyclic amines) is 1. The van der Waals surface area contributed by atoms with E-state index in [-0.39, 0.29) is 6.09 Å². The Balaban J connectivity index is 1.46. The lowest BCUT2D eigenvalue weighted by Gasteiger charge is -2.32. The van der Waals surface area contributed by atoms with Crippen molar-refractivity contribution in [1.82, 2.24) is 15.5 Å². The Bertz CT molecular complexity index is 464. The van der Waals surface area contributed by atoms with Gasteiger partial charge in [-0.25, -0.2) is 4.79 Å². The molecule has 0 aromatic rings. The van der Waals surface area contributed by atoms with Gasteiger partial charge in [-0.05, 0) is 63.7 Å². The molecular formula is C18H32N4O2. The first-order valence-electron chi connectivity index (χ1n) is 9.63. The molecule has 3 aliphatic rings. The fourth-order valence-electron chi connectivity index (χ4n) is 3.72. The van der Waals surface area contributed by atoms with Gasteiger partial charge < -0.3 is 20.3 Å². The second-order valence-corrected chi connectivity index (χ2v) is 7.44. The highest BCUT2D eigenvalue weighted by molar-refractivity contribution is 5.80. The smallest absolute Gasteiger partial charge is 0.409 e. The van der Waals surface area contributed by atoms with Crippen molar-refractivity contribution < 1.29 is 9.53 Å². The van der Waals surface area contributed by atoms with Gasteiger partial charge in [0.2, 0.25) is 0 Å². The van der Waals surface area contributed by atoms with E-state index in [1.807, 2.05) is 6.92 Å². The molecule has 0 atom stereocenters. The van der Waals surface area contributed by atoms with Gasteiger partial charge >= 0.3 is 6.09 Å². The largest absolute Gasteiger partial charge is 0.450 e. The number of ether oxygens (including phenoxy) is 1. The summed E-state index contributed by atoms with van der Waals surface area (Å²) in [6, 6.07) is 0.379. The van der Waals surface area contributed by atoms with Crippen molar-refractivity contribution in [2.24, 2.45) is 16.3 Å². The number of rotatable bonds is 6. The molecule has 0 unspecified atom stereocenters. The molecule has 2 N–H and O–H groups in total. The maximum absolute atomic E-state index is 11.8. The number of amides is 1. The molecule has 1 amide bonds. The van der Waals surface area contributed by atoms with Crippen LogP contribution in [0.3, 0.4) is 0 Å². The van der Waals surface area contributed by atoms with Crippen LogP contribution in [0.2, 0.25) is 0 Å². The van der Waals surface area contributed by atoms with Crippen LogP contribution in [0, 0.1) is 11.3 Å². The molecule has 2 saturated carbocycles. The summed E-state index contributed by atoms with van der Waals surface area (Å²) < 4.78 is 5.08. The number of hydrogen-bond donors (Lipinski definition) is 2. The van der Waals surface area contributed by atoms with E-state index < -0.39 is 0 Å². The number of nitrogens with zero attached hydrogens (tertiary/aromatic N) is 2. The molecule has 136 valence electrons. The van der Waals surface area contributed by atoms with Gasteiger partial charge in [0.25, 0.3) is 0 Å². The van der Waals surface area contributed by atoms with Crippen molar-refractivity contribution in [2.75, 3.05) is 32.8 Å². The molecule has 6 heteroatoms. The van der Waals surface area contributed by atoms with E-state index in [4.69, 9.17) is 9.73 Å². The zero-order chi connectivity index (χ0) is 17.0. The Kier molecular flexibility index (Phi) is 5.51. The second kappa shape index (κ2) is 7.62. The third kappa shape index (κ3) is 4.33. The van der Waals surface area contributed by atoms with Crippen LogP contribution < -0.4 is 10.6 Å². The Labute approximate surface area is 145 Å². The van der Waals surface area contributed by atoms with Gasteiger partial charge in [0.05, 0.1) is 6.61 Å². The molecule has 0 radical (unpaired) electrons. The van der Waals surface area contributed by atoms with Gasteiger partial charge in [0.15, 0.2) is 5.96 Å². The molecule has 0 bridgehead atoms. The van der Waals surface area contributed by atoms with E-state index in [1.54, 1.807) is 4.90 Å². The van der Waals surface area contributed by atoms with Crippen LogP contribution >= 0.6 is 0 Å². The molecule has 24 heavy (non-hydrogen) atoms. The number of hydrogen-bond acceptors (Lipinski definition) is 3. The van der Waals surface area contributed by atoms with Crippen LogP contribution in [-0.2, 0) is 4.74 Å². The van der Waals surface area contributed by atoms with E-state index >= 15 is 0 Å². The topological polar surface area (TPSA) is 66.0 Å². The fraction of sp³-hybridized carbons (Fsp3) is 0.889. The Morgan fingerprint density at radius 1 is 1.21 bits per heavy atom. The number of guanidine groups is 1. The van der Waals surface area contributed by atoms with E-state index in [2.05, 4.69) is 17.6 Å². The predicted molar refractivity (Wildman–Crippen MR) is 95.1 cm³/mol. The van der Waals surface area contributed by atoms with E-state index in [9.17, 15) is 4.79 Å². The Hall–Kier alpha value is -1.46. The van der Waals surface area contributed by atoms with Gasteiger partial charge in [-0.1, -0.05) is 0 Å². The third-order valence-corrected chi connectivity index (χ3v) is 5.59. The number of aliphatic imine (C=N–C) groups is 1. The first-order chi connectivity index (χ1) is 11.7. The van der Waals surface area contributed by atoms with Gasteiger partial charge in [-0.2, -0.15) is 0 Å². The molecule has 3 fully saturated rings. The molecule has 1 saturated heterocycles. The molecule has 0 aromatic heterocycles. The molecule has 0 spiro atoms. The summed E-state index contributed by atoms with van der Waals surface area (Å²) in [4.78, 5) is 18.4. The second-order valence-electron chi connectivity index (χ2n) is 7.44. The van der Waals surface area contributed by atoms with Crippen LogP contribution in [0.4, 0.5) is 4.79 Å². The van der Waals surface area contributed by atoms with E-state index in [0.29, 0.717) is 18.1 Å². The molecular weight excluding hydrogens is 304 g/mol. The highest BCUT2D eigenvalue weighted by atomic mass is 16.6. The SMILES string of the molecule is CCNC(=NCC1(C2CC2)CC1)NC1CCN(C(=O)OCC)CC1. The van der Waals surface area contributed by atoms with Gasteiger partial charge in [-0.15, -0.1) is 0 Å². The molecule has 6 nitrogen and oxygen atoms in total. The summed E-state index contributed by atoms with van der Waals surface area (Å²) in [5.74, 6) is 1.89. The predicted octanol–water partition coefficient (Wildman–Crippen LogP) is 2.35. The van der Waals surface area contributed by atoms with Crippen molar-refractivity contribution in [2.45, 2.75) is 58.4 Å². The maximum atomic E-state index is 11.8. The first kappa shape index (κ1) is 17.4. The number of nitrogens with one attached hydrogen (secondary N) is 2. The highest BCUT2D eigenvalue weighted by Crippen LogP contribution is 2.61. The summed E-state index contributed by atoms with van der Waals surface area (Å²) in [5.41, 5.74) is 0.537. The molecule has 2 aliphatic carbocycles. The average Bonchev–Trinajstić information content (AvgIpc) is 3.47. The van der Waals surface area contributed by atoms with Crippen LogP contribution in [0.1, 0.15) is 52.4 Å². The lowest BCUT2D eigenvalue weighted by atomic mass is 10.0. The van der Waals surface area contributed by atoms with Gasteiger partial charge in [0.1, 0.15) is 0 Å². The average molecular weight is 336 g/mol. The summed E-state index contributed by atoms with van der Waals surface area (Å²) in [5, 5.41) is 6.95. The molecule has 1 heterocycles. The summed E-state index contributed by atoms with van der Waals surface area (Å²) in [6.07, 6.45) is 7.24. The monoisotopic (exact) mass is 336 g/mol. The zero-order valence-electron chi connectivity index (χ0n) is 15.1. The summed E-state index contributed by atoms with van der Waals surface area (Å²) in [6.45, 7) is 7.74. The molecule has 3 rings (SSSR count). The highest BCUT2D eigenvalue weighted by Gasteiger charge is 2.53. The minimum absolute atomic E-state index is 0.184. The molecule has 0 aromatic carbocycles. The van der Waals surface area contributed by atoms with Crippen molar-refractivity contribution in [3.8, 4) is 0 Å². The quantitative estimate of drug-likeness (QED) is 0.577. The van der Waals surface area contributed by atoms with Crippen molar-refractivity contribution >= 4 is 12.1 Å². The fourth-order valence-corrected chi connectivity index (χ4v) is 3.72. The number of carbonyl (C=O) groups excluding carboxylic acids is 1. The standard InChI is InChI=1S/C18H32N4O2/c1-3-19-16(20-13-18(9-10-18)14-5-6-14)21-15-7-11-22(12-8-15)17(23)24-4-2/h14-15H,3-13H2,1-2H3,(H2,19,20,21). The lowest BCUT2D eigenvalue weighted by molar-refractivity contribution is 0.0963. The normalized spacial score (nSPS) is 23.8. The Morgan fingerprint density at radius 3 is 2.46 bits per heavy atom. The van der Waals surface area contributed by atoms with Crippen molar-refractivity contribution in [3.63, 3.8) is 0 Å². The van der Waals surface area contributed by atoms with Gasteiger partial charge in [-0.3, -0.25) is 4.99 Å². The Morgan fingerprint density at radius 2 is 1.92 bits per heavy atom. The summed E-state index contributed by atoms with van der Waals surface area (Å²) >= 11 is 0. The van der Waals surface area contributed by atoms with Crippen LogP contribution in [-0.4, -0.2) is 55.8 Å². The zero-order valence-corrected chi connectivity index (χ0v) is 15.1. The van der Waals surface area contributed by atoms with Crippen LogP contribution in [0.25, 0.3) is 0 Å². The molecule has 1 aliphatic heterocycles. The van der Waals surface area contributed by atoms with Crippen LogP contribution in [0.15, 0.2) is 4.99 Å². The first-order valence-corrected chi connectivity index (χ1v) is 9.63. The van der Waals surface area contributed by atoms with Crippen LogP contribution in [0.5, 0.6) is 0 Å². The van der Waals surface area contributed by atoms with E-state index in [1.165, 1.54) is 25.7 Å². The van der Waals surface area contributed by atoms with Crippen molar-refractivity contribution in [1.29, 1.82) is 0 Å². The number of piperidine rings is 1. The summed E-state index contributed by atoms with van der Waals surface area (Å²) in [7, 11) is 0. The maximum Gasteiger partial charge on any atom is 0.409 e. The minimum Gasteiger partial charge on any atom is -0.450 e.